The van der Waals surface area contributed by atoms with Crippen LogP contribution in [0.25, 0.3) is 0 Å². The fraction of sp³-hybridized carbons (Fsp3) is 0.455. The Bertz CT molecular complexity index is 260. The summed E-state index contributed by atoms with van der Waals surface area (Å²) in [4.78, 5) is 0. The van der Waals surface area contributed by atoms with E-state index >= 15 is 0 Å². The van der Waals surface area contributed by atoms with Crippen molar-refractivity contribution in [3.05, 3.63) is 35.9 Å². The third kappa shape index (κ3) is 1.90. The molecule has 1 aromatic rings. The highest BCUT2D eigenvalue weighted by atomic mass is 16.5. The van der Waals surface area contributed by atoms with E-state index in [2.05, 4.69) is 36.5 Å². The van der Waals surface area contributed by atoms with Gasteiger partial charge in [0.2, 0.25) is 0 Å². The van der Waals surface area contributed by atoms with Crippen LogP contribution in [0, 0.1) is 0 Å². The molecular weight excluding hydrogens is 162 g/mol. The Kier molecular flexibility index (Phi) is 2.62. The van der Waals surface area contributed by atoms with E-state index in [1.807, 2.05) is 6.07 Å². The minimum atomic E-state index is 0.274. The quantitative estimate of drug-likeness (QED) is 0.705. The summed E-state index contributed by atoms with van der Waals surface area (Å²) in [5, 5.41) is 3.46. The highest BCUT2D eigenvalue weighted by Crippen LogP contribution is 2.20. The largest absolute Gasteiger partial charge is 0.375 e. The van der Waals surface area contributed by atoms with Crippen LogP contribution in [-0.2, 0) is 4.74 Å². The van der Waals surface area contributed by atoms with Crippen LogP contribution in [0.3, 0.4) is 0 Å². The molecule has 1 heterocycles. The molecule has 0 aromatic heterocycles. The molecule has 0 spiro atoms. The van der Waals surface area contributed by atoms with E-state index in [1.165, 1.54) is 5.56 Å². The van der Waals surface area contributed by atoms with Crippen molar-refractivity contribution in [2.45, 2.75) is 19.1 Å². The number of morpholine rings is 1. The minimum absolute atomic E-state index is 0.274. The van der Waals surface area contributed by atoms with Crippen molar-refractivity contribution in [3.63, 3.8) is 0 Å². The van der Waals surface area contributed by atoms with Crippen molar-refractivity contribution in [1.29, 1.82) is 0 Å². The van der Waals surface area contributed by atoms with Crippen LogP contribution < -0.4 is 5.32 Å². The SMILES string of the molecule is CC1OCCNC1c1ccccc1. The Morgan fingerprint density at radius 1 is 1.31 bits per heavy atom. The van der Waals surface area contributed by atoms with Gasteiger partial charge in [0.25, 0.3) is 0 Å². The van der Waals surface area contributed by atoms with E-state index < -0.39 is 0 Å². The summed E-state index contributed by atoms with van der Waals surface area (Å²) >= 11 is 0. The van der Waals surface area contributed by atoms with E-state index in [0.717, 1.165) is 13.2 Å². The van der Waals surface area contributed by atoms with Gasteiger partial charge >= 0.3 is 0 Å². The number of hydrogen-bond acceptors (Lipinski definition) is 2. The van der Waals surface area contributed by atoms with E-state index in [9.17, 15) is 0 Å². The van der Waals surface area contributed by atoms with Crippen LogP contribution in [0.15, 0.2) is 30.3 Å². The molecule has 1 saturated heterocycles. The normalized spacial score (nSPS) is 28.7. The molecule has 1 aromatic carbocycles. The molecule has 2 heteroatoms. The minimum Gasteiger partial charge on any atom is -0.375 e. The van der Waals surface area contributed by atoms with E-state index in [-0.39, 0.29) is 6.10 Å². The number of ether oxygens (including phenoxy) is 1. The second-order valence-corrected chi connectivity index (χ2v) is 3.42. The predicted molar refractivity (Wildman–Crippen MR) is 52.6 cm³/mol. The van der Waals surface area contributed by atoms with Crippen molar-refractivity contribution in [2.24, 2.45) is 0 Å². The number of nitrogens with one attached hydrogen (secondary N) is 1. The van der Waals surface area contributed by atoms with Crippen molar-refractivity contribution < 1.29 is 4.74 Å². The first-order valence-electron chi connectivity index (χ1n) is 4.78. The Hall–Kier alpha value is -0.860. The molecular formula is C11H15NO. The molecule has 0 aliphatic carbocycles. The molecule has 1 aliphatic heterocycles. The summed E-state index contributed by atoms with van der Waals surface area (Å²) in [7, 11) is 0. The van der Waals surface area contributed by atoms with Gasteiger partial charge in [-0.2, -0.15) is 0 Å². The predicted octanol–water partition coefficient (Wildman–Crippen LogP) is 1.74. The summed E-state index contributed by atoms with van der Waals surface area (Å²) in [6.45, 7) is 3.89. The summed E-state index contributed by atoms with van der Waals surface area (Å²) in [6.07, 6.45) is 0.274. The summed E-state index contributed by atoms with van der Waals surface area (Å²) in [5.74, 6) is 0. The van der Waals surface area contributed by atoms with Crippen LogP contribution in [0.5, 0.6) is 0 Å². The van der Waals surface area contributed by atoms with Gasteiger partial charge in [-0.3, -0.25) is 0 Å². The number of hydrogen-bond donors (Lipinski definition) is 1. The van der Waals surface area contributed by atoms with Crippen molar-refractivity contribution in [2.75, 3.05) is 13.2 Å². The topological polar surface area (TPSA) is 21.3 Å². The Morgan fingerprint density at radius 2 is 2.08 bits per heavy atom. The van der Waals surface area contributed by atoms with Gasteiger partial charge in [-0.1, -0.05) is 30.3 Å². The zero-order valence-electron chi connectivity index (χ0n) is 7.86. The van der Waals surface area contributed by atoms with Gasteiger partial charge in [0.05, 0.1) is 18.8 Å². The average molecular weight is 177 g/mol. The molecule has 0 radical (unpaired) electrons. The molecule has 13 heavy (non-hydrogen) atoms. The van der Waals surface area contributed by atoms with Crippen LogP contribution in [0.4, 0.5) is 0 Å². The van der Waals surface area contributed by atoms with Crippen molar-refractivity contribution in [1.82, 2.24) is 5.32 Å². The van der Waals surface area contributed by atoms with Gasteiger partial charge < -0.3 is 10.1 Å². The molecule has 2 nitrogen and oxygen atoms in total. The maximum atomic E-state index is 5.58. The molecule has 1 aliphatic rings. The molecule has 1 fully saturated rings. The number of benzene rings is 1. The van der Waals surface area contributed by atoms with Crippen molar-refractivity contribution in [3.8, 4) is 0 Å². The molecule has 0 bridgehead atoms. The van der Waals surface area contributed by atoms with Crippen LogP contribution in [0.1, 0.15) is 18.5 Å². The van der Waals surface area contributed by atoms with Gasteiger partial charge in [0.15, 0.2) is 0 Å². The molecule has 0 amide bonds. The van der Waals surface area contributed by atoms with Crippen LogP contribution in [-0.4, -0.2) is 19.3 Å². The monoisotopic (exact) mass is 177 g/mol. The first-order chi connectivity index (χ1) is 6.38. The van der Waals surface area contributed by atoms with Gasteiger partial charge in [-0.05, 0) is 12.5 Å². The van der Waals surface area contributed by atoms with E-state index in [1.54, 1.807) is 0 Å². The maximum absolute atomic E-state index is 5.58. The summed E-state index contributed by atoms with van der Waals surface area (Å²) in [6, 6.07) is 10.8. The van der Waals surface area contributed by atoms with Crippen LogP contribution in [0.2, 0.25) is 0 Å². The third-order valence-electron chi connectivity index (χ3n) is 2.48. The lowest BCUT2D eigenvalue weighted by Crippen LogP contribution is -2.40. The molecule has 2 atom stereocenters. The van der Waals surface area contributed by atoms with Gasteiger partial charge in [0, 0.05) is 6.54 Å². The van der Waals surface area contributed by atoms with Gasteiger partial charge in [0.1, 0.15) is 0 Å². The highest BCUT2D eigenvalue weighted by Gasteiger charge is 2.22. The smallest absolute Gasteiger partial charge is 0.0742 e. The Balaban J connectivity index is 2.15. The fourth-order valence-electron chi connectivity index (χ4n) is 1.77. The highest BCUT2D eigenvalue weighted by molar-refractivity contribution is 5.20. The first kappa shape index (κ1) is 8.73. The van der Waals surface area contributed by atoms with Crippen molar-refractivity contribution >= 4 is 0 Å². The lowest BCUT2D eigenvalue weighted by molar-refractivity contribution is 0.00756. The molecule has 0 saturated carbocycles. The van der Waals surface area contributed by atoms with Gasteiger partial charge in [-0.25, -0.2) is 0 Å². The molecule has 1 N–H and O–H groups in total. The van der Waals surface area contributed by atoms with Gasteiger partial charge in [-0.15, -0.1) is 0 Å². The number of rotatable bonds is 1. The fourth-order valence-corrected chi connectivity index (χ4v) is 1.77. The average Bonchev–Trinajstić information content (AvgIpc) is 2.20. The maximum Gasteiger partial charge on any atom is 0.0742 e. The molecule has 2 unspecified atom stereocenters. The van der Waals surface area contributed by atoms with Crippen LogP contribution >= 0.6 is 0 Å². The molecule has 2 rings (SSSR count). The second-order valence-electron chi connectivity index (χ2n) is 3.42. The summed E-state index contributed by atoms with van der Waals surface area (Å²) in [5.41, 5.74) is 1.31. The Labute approximate surface area is 78.9 Å². The lowest BCUT2D eigenvalue weighted by Gasteiger charge is -2.30. The standard InChI is InChI=1S/C11H15NO/c1-9-11(12-7-8-13-9)10-5-3-2-4-6-10/h2-6,9,11-12H,7-8H2,1H3. The second kappa shape index (κ2) is 3.90. The van der Waals surface area contributed by atoms with E-state index in [0.29, 0.717) is 6.04 Å². The zero-order valence-corrected chi connectivity index (χ0v) is 7.86. The molecule has 70 valence electrons. The Morgan fingerprint density at radius 3 is 2.77 bits per heavy atom. The lowest BCUT2D eigenvalue weighted by atomic mass is 10.0. The summed E-state index contributed by atoms with van der Waals surface area (Å²) < 4.78 is 5.58. The zero-order chi connectivity index (χ0) is 9.10. The third-order valence-corrected chi connectivity index (χ3v) is 2.48. The first-order valence-corrected chi connectivity index (χ1v) is 4.78. The van der Waals surface area contributed by atoms with E-state index in [4.69, 9.17) is 4.74 Å².